The smallest absolute Gasteiger partial charge is 0.328 e. The average molecular weight is 438 g/mol. The van der Waals surface area contributed by atoms with Crippen molar-refractivity contribution in [2.75, 3.05) is 19.3 Å². The summed E-state index contributed by atoms with van der Waals surface area (Å²) in [6.45, 7) is 1.31. The third-order valence-electron chi connectivity index (χ3n) is 5.30. The van der Waals surface area contributed by atoms with E-state index in [0.717, 1.165) is 18.4 Å². The Morgan fingerprint density at radius 1 is 1.21 bits per heavy atom. The lowest BCUT2D eigenvalue weighted by Gasteiger charge is -2.42. The van der Waals surface area contributed by atoms with Crippen molar-refractivity contribution in [1.29, 1.82) is 0 Å². The van der Waals surface area contributed by atoms with Gasteiger partial charge in [-0.2, -0.15) is 0 Å². The fourth-order valence-electron chi connectivity index (χ4n) is 3.91. The molecule has 0 aliphatic carbocycles. The maximum atomic E-state index is 13.2. The maximum absolute atomic E-state index is 13.2. The Balaban J connectivity index is 1.72. The zero-order chi connectivity index (χ0) is 20.8. The quantitative estimate of drug-likeness (QED) is 0.632. The van der Waals surface area contributed by atoms with Gasteiger partial charge in [-0.1, -0.05) is 51.9 Å². The summed E-state index contributed by atoms with van der Waals surface area (Å²) in [5, 5.41) is 15.4. The molecule has 29 heavy (non-hydrogen) atoms. The molecule has 2 heterocycles. The number of nitrogens with one attached hydrogen (secondary N) is 1. The first kappa shape index (κ1) is 22.0. The summed E-state index contributed by atoms with van der Waals surface area (Å²) in [5.74, 6) is -1.48. The van der Waals surface area contributed by atoms with Crippen LogP contribution in [-0.4, -0.2) is 69.6 Å². The van der Waals surface area contributed by atoms with Crippen LogP contribution in [0.4, 0.5) is 0 Å². The number of carbonyl (C=O) groups excluding carboxylic acids is 2. The van der Waals surface area contributed by atoms with Crippen LogP contribution in [0.3, 0.4) is 0 Å². The van der Waals surface area contributed by atoms with Gasteiger partial charge < -0.3 is 10.4 Å². The van der Waals surface area contributed by atoms with E-state index in [1.54, 1.807) is 0 Å². The van der Waals surface area contributed by atoms with Gasteiger partial charge in [-0.3, -0.25) is 14.6 Å². The standard InChI is InChI=1S/C20H27N3O4S2/c1-28-29-17(13-14-7-3-2-4-8-14)18(24)21-15-9-5-11-22-12-6-10-16(20(26)27)23(22)19(15)25/h2-4,7-8,15-17H,5-6,9-13H2,1H3,(H,21,24)(H,26,27)/t15-,16-,17-/m0/s1. The van der Waals surface area contributed by atoms with E-state index in [9.17, 15) is 19.5 Å². The van der Waals surface area contributed by atoms with Gasteiger partial charge in [0.15, 0.2) is 0 Å². The summed E-state index contributed by atoms with van der Waals surface area (Å²) in [6, 6.07) is 8.26. The number of rotatable bonds is 7. The molecule has 0 radical (unpaired) electrons. The molecule has 0 unspecified atom stereocenters. The van der Waals surface area contributed by atoms with Crippen LogP contribution in [0.2, 0.25) is 0 Å². The number of nitrogens with zero attached hydrogens (tertiary/aromatic N) is 2. The first-order valence-corrected chi connectivity index (χ1v) is 12.5. The molecule has 0 saturated carbocycles. The van der Waals surface area contributed by atoms with Gasteiger partial charge in [-0.15, -0.1) is 0 Å². The molecular weight excluding hydrogens is 410 g/mol. The van der Waals surface area contributed by atoms with Crippen molar-refractivity contribution in [3.05, 3.63) is 35.9 Å². The van der Waals surface area contributed by atoms with E-state index in [4.69, 9.17) is 0 Å². The van der Waals surface area contributed by atoms with Gasteiger partial charge in [0.25, 0.3) is 5.91 Å². The second kappa shape index (κ2) is 10.4. The lowest BCUT2D eigenvalue weighted by molar-refractivity contribution is -0.174. The predicted molar refractivity (Wildman–Crippen MR) is 115 cm³/mol. The number of carbonyl (C=O) groups is 3. The molecule has 2 amide bonds. The normalized spacial score (nSPS) is 23.8. The van der Waals surface area contributed by atoms with Crippen LogP contribution in [0.5, 0.6) is 0 Å². The second-order valence-electron chi connectivity index (χ2n) is 7.28. The summed E-state index contributed by atoms with van der Waals surface area (Å²) in [6.07, 6.45) is 4.95. The minimum atomic E-state index is -0.991. The number of hydrogen-bond acceptors (Lipinski definition) is 6. The minimum absolute atomic E-state index is 0.177. The van der Waals surface area contributed by atoms with Crippen molar-refractivity contribution in [1.82, 2.24) is 15.3 Å². The second-order valence-corrected chi connectivity index (χ2v) is 9.95. The number of hydrogen-bond donors (Lipinski definition) is 2. The van der Waals surface area contributed by atoms with E-state index < -0.39 is 18.1 Å². The molecule has 9 heteroatoms. The summed E-state index contributed by atoms with van der Waals surface area (Å²) in [4.78, 5) is 37.8. The van der Waals surface area contributed by atoms with Crippen LogP contribution in [0.25, 0.3) is 0 Å². The molecule has 7 nitrogen and oxygen atoms in total. The number of carboxylic acid groups (broad SMARTS) is 1. The summed E-state index contributed by atoms with van der Waals surface area (Å²) >= 11 is 0. The number of amides is 2. The zero-order valence-electron chi connectivity index (χ0n) is 16.5. The van der Waals surface area contributed by atoms with Crippen molar-refractivity contribution in [2.45, 2.75) is 49.4 Å². The van der Waals surface area contributed by atoms with Crippen molar-refractivity contribution < 1.29 is 19.5 Å². The van der Waals surface area contributed by atoms with Crippen LogP contribution in [-0.2, 0) is 20.8 Å². The third-order valence-corrected chi connectivity index (χ3v) is 7.38. The first-order valence-electron chi connectivity index (χ1n) is 9.85. The molecule has 2 fully saturated rings. The van der Waals surface area contributed by atoms with Crippen molar-refractivity contribution >= 4 is 39.4 Å². The van der Waals surface area contributed by atoms with Crippen LogP contribution in [0.1, 0.15) is 31.2 Å². The molecule has 2 saturated heterocycles. The Morgan fingerprint density at radius 2 is 1.90 bits per heavy atom. The molecule has 0 aromatic heterocycles. The molecule has 1 aromatic carbocycles. The van der Waals surface area contributed by atoms with Gasteiger partial charge in [0.2, 0.25) is 5.91 Å². The predicted octanol–water partition coefficient (Wildman–Crippen LogP) is 2.18. The van der Waals surface area contributed by atoms with Gasteiger partial charge in [-0.25, -0.2) is 9.80 Å². The lowest BCUT2D eigenvalue weighted by atomic mass is 10.1. The number of carboxylic acids is 1. The Hall–Kier alpha value is -1.71. The van der Waals surface area contributed by atoms with E-state index in [0.29, 0.717) is 32.4 Å². The largest absolute Gasteiger partial charge is 0.480 e. The highest BCUT2D eigenvalue weighted by Crippen LogP contribution is 2.28. The number of fused-ring (bicyclic) bond motifs is 1. The third kappa shape index (κ3) is 5.46. The van der Waals surface area contributed by atoms with Gasteiger partial charge in [0.1, 0.15) is 12.1 Å². The first-order chi connectivity index (χ1) is 14.0. The Bertz CT molecular complexity index is 734. The van der Waals surface area contributed by atoms with E-state index in [1.807, 2.05) is 41.6 Å². The van der Waals surface area contributed by atoms with Crippen LogP contribution < -0.4 is 5.32 Å². The number of aliphatic carboxylic acids is 1. The Labute approximate surface area is 178 Å². The minimum Gasteiger partial charge on any atom is -0.480 e. The topological polar surface area (TPSA) is 89.9 Å². The molecular formula is C20H27N3O4S2. The molecule has 2 N–H and O–H groups in total. The highest BCUT2D eigenvalue weighted by molar-refractivity contribution is 8.76. The molecule has 3 atom stereocenters. The highest BCUT2D eigenvalue weighted by atomic mass is 33.1. The highest BCUT2D eigenvalue weighted by Gasteiger charge is 2.42. The average Bonchev–Trinajstić information content (AvgIpc) is 2.87. The lowest BCUT2D eigenvalue weighted by Crippen LogP contribution is -2.61. The van der Waals surface area contributed by atoms with E-state index >= 15 is 0 Å². The summed E-state index contributed by atoms with van der Waals surface area (Å²) < 4.78 is 0. The molecule has 2 aliphatic heterocycles. The molecule has 3 rings (SSSR count). The molecule has 2 aliphatic rings. The van der Waals surface area contributed by atoms with Crippen molar-refractivity contribution in [3.63, 3.8) is 0 Å². The molecule has 1 aromatic rings. The summed E-state index contributed by atoms with van der Waals surface area (Å²) in [5.41, 5.74) is 1.06. The van der Waals surface area contributed by atoms with Crippen LogP contribution in [0.15, 0.2) is 30.3 Å². The molecule has 0 bridgehead atoms. The van der Waals surface area contributed by atoms with E-state index in [1.165, 1.54) is 26.6 Å². The van der Waals surface area contributed by atoms with Gasteiger partial charge in [-0.05, 0) is 43.9 Å². The van der Waals surface area contributed by atoms with Gasteiger partial charge in [0.05, 0.1) is 5.25 Å². The van der Waals surface area contributed by atoms with Gasteiger partial charge in [0, 0.05) is 13.1 Å². The van der Waals surface area contributed by atoms with Crippen LogP contribution >= 0.6 is 21.6 Å². The van der Waals surface area contributed by atoms with Crippen LogP contribution in [0, 0.1) is 0 Å². The fourth-order valence-corrected chi connectivity index (χ4v) is 5.72. The van der Waals surface area contributed by atoms with Gasteiger partial charge >= 0.3 is 5.97 Å². The maximum Gasteiger partial charge on any atom is 0.328 e. The fraction of sp³-hybridized carbons (Fsp3) is 0.550. The molecule has 0 spiro atoms. The Morgan fingerprint density at radius 3 is 2.55 bits per heavy atom. The zero-order valence-corrected chi connectivity index (χ0v) is 18.1. The van der Waals surface area contributed by atoms with Crippen molar-refractivity contribution in [2.24, 2.45) is 0 Å². The number of hydrazine groups is 1. The van der Waals surface area contributed by atoms with E-state index in [-0.39, 0.29) is 17.1 Å². The molecule has 158 valence electrons. The van der Waals surface area contributed by atoms with Crippen molar-refractivity contribution in [3.8, 4) is 0 Å². The monoisotopic (exact) mass is 437 g/mol. The SMILES string of the molecule is CSS[C@@H](Cc1ccccc1)C(=O)N[C@H]1CCCN2CCC[C@@H](C(=O)O)N2C1=O. The Kier molecular flexibility index (Phi) is 7.85. The number of benzene rings is 1. The summed E-state index contributed by atoms with van der Waals surface area (Å²) in [7, 11) is 3.00. The van der Waals surface area contributed by atoms with E-state index in [2.05, 4.69) is 5.32 Å².